The van der Waals surface area contributed by atoms with E-state index in [2.05, 4.69) is 55.7 Å². The van der Waals surface area contributed by atoms with E-state index < -0.39 is 78.2 Å². The number of ketones is 1. The van der Waals surface area contributed by atoms with Gasteiger partial charge in [0.05, 0.1) is 17.4 Å². The van der Waals surface area contributed by atoms with E-state index >= 15 is 0 Å². The van der Waals surface area contributed by atoms with Gasteiger partial charge in [0.25, 0.3) is 5.91 Å². The predicted octanol–water partition coefficient (Wildman–Crippen LogP) is 7.86. The monoisotopic (exact) mass is 993 g/mol. The fourth-order valence-electron chi connectivity index (χ4n) is 15.3. The summed E-state index contributed by atoms with van der Waals surface area (Å²) in [6.07, 6.45) is 1.41. The summed E-state index contributed by atoms with van der Waals surface area (Å²) < 4.78 is 75.9. The fourth-order valence-corrected chi connectivity index (χ4v) is 16.0. The van der Waals surface area contributed by atoms with Crippen LogP contribution in [0.1, 0.15) is 143 Å². The molecule has 1 aromatic heterocycles. The fraction of sp³-hybridized carbons (Fsp3) is 0.796. The number of esters is 1. The number of carbonyl (C=O) groups is 5. The van der Waals surface area contributed by atoms with Crippen molar-refractivity contribution in [2.45, 2.75) is 157 Å². The number of aromatic nitrogens is 2. The summed E-state index contributed by atoms with van der Waals surface area (Å²) in [5, 5.41) is 22.2. The lowest BCUT2D eigenvalue weighted by atomic mass is 9.33. The molecule has 0 spiro atoms. The van der Waals surface area contributed by atoms with Gasteiger partial charge in [0.15, 0.2) is 18.2 Å². The smallest absolute Gasteiger partial charge is 0.476 e. The number of phosphoric ester groups is 1. The number of nitrogens with zero attached hydrogens (tertiary/aromatic N) is 2. The van der Waals surface area contributed by atoms with Crippen molar-refractivity contribution < 1.29 is 65.1 Å². The largest absolute Gasteiger partial charge is 0.481 e. The number of alkyl halides is 3. The van der Waals surface area contributed by atoms with Crippen LogP contribution in [0, 0.1) is 62.6 Å². The summed E-state index contributed by atoms with van der Waals surface area (Å²) in [5.74, 6) is -3.48. The minimum Gasteiger partial charge on any atom is -0.481 e. The maximum absolute atomic E-state index is 14.9. The predicted molar refractivity (Wildman–Crippen MR) is 244 cm³/mol. The first kappa shape index (κ1) is 51.7. The molecule has 2 amide bonds. The van der Waals surface area contributed by atoms with Gasteiger partial charge in [-0.05, 0) is 114 Å². The molecule has 8 rings (SSSR count). The molecule has 1 aromatic rings. The minimum atomic E-state index is -4.95. The van der Waals surface area contributed by atoms with Crippen LogP contribution in [0.3, 0.4) is 0 Å². The lowest BCUT2D eigenvalue weighted by Gasteiger charge is -2.72. The van der Waals surface area contributed by atoms with Gasteiger partial charge in [-0.2, -0.15) is 18.3 Å². The number of Topliss-reactive ketones (excluding diaryl/α,β-unsaturated/α-hetero) is 1. The molecule has 69 heavy (non-hydrogen) atoms. The van der Waals surface area contributed by atoms with Gasteiger partial charge in [0.2, 0.25) is 5.91 Å². The Kier molecular flexibility index (Phi) is 12.7. The summed E-state index contributed by atoms with van der Waals surface area (Å²) in [7, 11) is -2.15. The third-order valence-electron chi connectivity index (χ3n) is 19.6. The second-order valence-electron chi connectivity index (χ2n) is 23.6. The molecule has 10 atom stereocenters. The average molecular weight is 994 g/mol. The molecule has 0 bridgehead atoms. The second kappa shape index (κ2) is 17.0. The summed E-state index contributed by atoms with van der Waals surface area (Å²) in [5.41, 5.74) is -4.49. The van der Waals surface area contributed by atoms with Crippen molar-refractivity contribution >= 4 is 37.4 Å². The zero-order valence-electron chi connectivity index (χ0n) is 41.8. The molecule has 384 valence electrons. The molecule has 5 saturated carbocycles. The number of carbonyl (C=O) groups excluding carboxylic acids is 4. The molecule has 1 aliphatic heterocycles. The lowest BCUT2D eigenvalue weighted by molar-refractivity contribution is -0.235. The van der Waals surface area contributed by atoms with Crippen molar-refractivity contribution in [2.75, 3.05) is 27.3 Å². The first-order valence-electron chi connectivity index (χ1n) is 24.5. The van der Waals surface area contributed by atoms with Crippen LogP contribution >= 0.6 is 7.82 Å². The molecule has 1 saturated heterocycles. The van der Waals surface area contributed by atoms with E-state index in [1.807, 2.05) is 27.7 Å². The Morgan fingerprint density at radius 2 is 1.57 bits per heavy atom. The van der Waals surface area contributed by atoms with Crippen LogP contribution in [-0.2, 0) is 55.0 Å². The van der Waals surface area contributed by atoms with E-state index in [1.165, 1.54) is 0 Å². The third-order valence-corrected chi connectivity index (χ3v) is 20.9. The quantitative estimate of drug-likeness (QED) is 0.110. The van der Waals surface area contributed by atoms with E-state index in [9.17, 15) is 46.8 Å². The number of carboxylic acids is 1. The lowest BCUT2D eigenvalue weighted by Crippen LogP contribution is -2.77. The second-order valence-corrected chi connectivity index (χ2v) is 25.5. The van der Waals surface area contributed by atoms with Crippen LogP contribution < -0.4 is 16.0 Å². The molecule has 6 aliphatic carbocycles. The van der Waals surface area contributed by atoms with Crippen LogP contribution in [0.2, 0.25) is 0 Å². The summed E-state index contributed by atoms with van der Waals surface area (Å²) >= 11 is 0. The van der Waals surface area contributed by atoms with Gasteiger partial charge in [-0.25, -0.2) is 9.25 Å². The summed E-state index contributed by atoms with van der Waals surface area (Å²) in [4.78, 5) is 68.7. The number of aliphatic carboxylic acids is 1. The molecule has 6 fully saturated rings. The van der Waals surface area contributed by atoms with E-state index in [1.54, 1.807) is 0 Å². The van der Waals surface area contributed by atoms with Crippen molar-refractivity contribution in [3.63, 3.8) is 0 Å². The van der Waals surface area contributed by atoms with Crippen LogP contribution in [0.25, 0.3) is 0 Å². The number of allylic oxidation sites excluding steroid dienone is 1. The van der Waals surface area contributed by atoms with Gasteiger partial charge in [-0.1, -0.05) is 62.3 Å². The van der Waals surface area contributed by atoms with Gasteiger partial charge >= 0.3 is 25.9 Å². The maximum atomic E-state index is 14.9. The highest BCUT2D eigenvalue weighted by Gasteiger charge is 2.71. The molecule has 0 unspecified atom stereocenters. The number of hydrogen-bond acceptors (Lipinski definition) is 12. The first-order chi connectivity index (χ1) is 31.9. The van der Waals surface area contributed by atoms with Crippen molar-refractivity contribution in [3.8, 4) is 0 Å². The molecule has 20 heteroatoms. The number of fused-ring (bicyclic) bond motifs is 7. The Bertz CT molecular complexity index is 2390. The standard InChI is InChI=1S/C49H71F3N5O11P/c1-26(2)36-31(58)22-47(55-41(63)48(23-53-24-48)54-38(59)30-21-34(49(50,51)52)56-57(30)25-67-69(64,65-10)66-11)19-18-45(8)27(37(36)47)12-13-33-44(7)16-15-35(43(5,6)32(44)14-17-46(33,45)9)68-40(62)29-20-28(39(60)61)42(29,3)4/h21,26-29,32-33,35,53H,12-20,22-25H2,1-11H3,(H,54,59)(H,55,63)(H,60,61)/t27-,28+,29-,32+,33-,35+,44+,45-,46-,47-/m1/s1. The third kappa shape index (κ3) is 7.87. The highest BCUT2D eigenvalue weighted by Crippen LogP contribution is 2.76. The zero-order valence-corrected chi connectivity index (χ0v) is 42.7. The van der Waals surface area contributed by atoms with E-state index in [4.69, 9.17) is 18.3 Å². The highest BCUT2D eigenvalue weighted by atomic mass is 31.2. The van der Waals surface area contributed by atoms with E-state index in [0.717, 1.165) is 63.9 Å². The Morgan fingerprint density at radius 3 is 2.13 bits per heavy atom. The molecule has 2 heterocycles. The number of amides is 2. The number of nitrogens with one attached hydrogen (secondary N) is 3. The van der Waals surface area contributed by atoms with Crippen LogP contribution in [-0.4, -0.2) is 88.9 Å². The number of halogens is 3. The topological polar surface area (TPSA) is 213 Å². The molecular weight excluding hydrogens is 923 g/mol. The molecule has 0 radical (unpaired) electrons. The van der Waals surface area contributed by atoms with Crippen LogP contribution in [0.4, 0.5) is 13.2 Å². The Balaban J connectivity index is 1.04. The molecule has 7 aliphatic rings. The van der Waals surface area contributed by atoms with Crippen molar-refractivity contribution in [1.29, 1.82) is 0 Å². The Morgan fingerprint density at radius 1 is 0.899 bits per heavy atom. The molecule has 16 nitrogen and oxygen atoms in total. The average Bonchev–Trinajstić information content (AvgIpc) is 3.81. The zero-order chi connectivity index (χ0) is 50.9. The number of hydrogen-bond donors (Lipinski definition) is 4. The van der Waals surface area contributed by atoms with Crippen LogP contribution in [0.15, 0.2) is 17.2 Å². The maximum Gasteiger partial charge on any atom is 0.476 e. The van der Waals surface area contributed by atoms with Crippen molar-refractivity contribution in [1.82, 2.24) is 25.7 Å². The Labute approximate surface area is 402 Å². The van der Waals surface area contributed by atoms with Gasteiger partial charge in [0.1, 0.15) is 17.3 Å². The minimum absolute atomic E-state index is 0.0244. The molecular formula is C49H71F3N5O11P. The van der Waals surface area contributed by atoms with Crippen LogP contribution in [0.5, 0.6) is 0 Å². The Hall–Kier alpha value is -3.64. The van der Waals surface area contributed by atoms with Crippen molar-refractivity contribution in [2.24, 2.45) is 62.6 Å². The SMILES string of the molecule is COP(=O)(OC)OCn1nc(C(F)(F)F)cc1C(=O)NC1(C(=O)N[C@@]23CC[C@]4(C)[C@H](CC[C@@H]5[C@@]6(C)CC[C@H](OC(=O)[C@H]7C[C@@H](C(=O)O)C7(C)C)C(C)(C)[C@@H]6CC[C@]54C)C2=C(C(C)C)C(=O)C3)CNC1. The van der Waals surface area contributed by atoms with E-state index in [0.29, 0.717) is 29.5 Å². The van der Waals surface area contributed by atoms with Gasteiger partial charge in [-0.15, -0.1) is 0 Å². The van der Waals surface area contributed by atoms with Gasteiger partial charge in [0, 0.05) is 45.2 Å². The first-order valence-corrected chi connectivity index (χ1v) is 25.9. The number of rotatable bonds is 13. The summed E-state index contributed by atoms with van der Waals surface area (Å²) in [6.45, 7) is 18.4. The molecule has 4 N–H and O–H groups in total. The highest BCUT2D eigenvalue weighted by molar-refractivity contribution is 7.48. The summed E-state index contributed by atoms with van der Waals surface area (Å²) in [6, 6.07) is 0.523. The number of carboxylic acid groups (broad SMARTS) is 1. The molecule has 0 aromatic carbocycles. The normalized spacial score (nSPS) is 36.5. The number of phosphoric acid groups is 1. The van der Waals surface area contributed by atoms with Crippen molar-refractivity contribution in [3.05, 3.63) is 28.6 Å². The van der Waals surface area contributed by atoms with E-state index in [-0.39, 0.29) is 83.2 Å². The number of ether oxygens (including phenoxy) is 1. The van der Waals surface area contributed by atoms with Gasteiger partial charge < -0.3 is 25.8 Å². The van der Waals surface area contributed by atoms with Gasteiger partial charge in [-0.3, -0.25) is 37.5 Å².